The minimum Gasteiger partial charge on any atom is -0.462 e. The van der Waals surface area contributed by atoms with Crippen molar-refractivity contribution in [3.63, 3.8) is 0 Å². The first-order chi connectivity index (χ1) is 33.2. The summed E-state index contributed by atoms with van der Waals surface area (Å²) in [5, 5.41) is 9.75. The van der Waals surface area contributed by atoms with Crippen molar-refractivity contribution in [1.29, 1.82) is 0 Å². The number of unbranched alkanes of at least 4 members (excludes halogenated alkanes) is 23. The second kappa shape index (κ2) is 50.6. The zero-order valence-electron chi connectivity index (χ0n) is 43.3. The number of esters is 3. The molecule has 0 bridgehead atoms. The lowest BCUT2D eigenvalue weighted by Crippen LogP contribution is -2.30. The lowest BCUT2D eigenvalue weighted by molar-refractivity contribution is -0.161. The number of rotatable bonds is 50. The van der Waals surface area contributed by atoms with Crippen LogP contribution >= 0.6 is 7.82 Å². The van der Waals surface area contributed by atoms with E-state index in [1.54, 1.807) is 0 Å². The van der Waals surface area contributed by atoms with E-state index in [9.17, 15) is 28.9 Å². The summed E-state index contributed by atoms with van der Waals surface area (Å²) in [7, 11) is -4.75. The molecule has 0 saturated carbocycles. The molecule has 0 aliphatic rings. The van der Waals surface area contributed by atoms with E-state index < -0.39 is 57.8 Å². The average Bonchev–Trinajstić information content (AvgIpc) is 3.32. The van der Waals surface area contributed by atoms with E-state index in [2.05, 4.69) is 75.5 Å². The van der Waals surface area contributed by atoms with E-state index in [-0.39, 0.29) is 25.9 Å². The molecule has 0 spiro atoms. The average molecular weight is 979 g/mol. The molecule has 11 nitrogen and oxygen atoms in total. The Bertz CT molecular complexity index is 1370. The molecule has 0 aromatic carbocycles. The molecule has 0 heterocycles. The van der Waals surface area contributed by atoms with Gasteiger partial charge >= 0.3 is 25.7 Å². The first-order valence-electron chi connectivity index (χ1n) is 27.2. The van der Waals surface area contributed by atoms with E-state index in [1.165, 1.54) is 103 Å². The Hall–Kier alpha value is -2.82. The van der Waals surface area contributed by atoms with Crippen molar-refractivity contribution in [3.05, 3.63) is 60.8 Å². The van der Waals surface area contributed by atoms with Crippen molar-refractivity contribution >= 4 is 25.7 Å². The molecule has 0 radical (unpaired) electrons. The summed E-state index contributed by atoms with van der Waals surface area (Å²) in [6, 6.07) is 0. The second-order valence-electron chi connectivity index (χ2n) is 18.0. The minimum atomic E-state index is -4.75. The number of hydrogen-bond acceptors (Lipinski definition) is 10. The van der Waals surface area contributed by atoms with Gasteiger partial charge in [0.05, 0.1) is 19.8 Å². The van der Waals surface area contributed by atoms with Crippen LogP contribution in [0.4, 0.5) is 0 Å². The molecule has 394 valence electrons. The monoisotopic (exact) mass is 979 g/mol. The zero-order chi connectivity index (χ0) is 49.9. The summed E-state index contributed by atoms with van der Waals surface area (Å²) in [6.45, 7) is 4.45. The summed E-state index contributed by atoms with van der Waals surface area (Å²) in [5.74, 6) is -1.53. The molecule has 0 amide bonds. The summed E-state index contributed by atoms with van der Waals surface area (Å²) >= 11 is 0. The van der Waals surface area contributed by atoms with Crippen molar-refractivity contribution in [3.8, 4) is 0 Å². The predicted octanol–water partition coefficient (Wildman–Crippen LogP) is 15.6. The van der Waals surface area contributed by atoms with Gasteiger partial charge in [-0.05, 0) is 57.8 Å². The van der Waals surface area contributed by atoms with Gasteiger partial charge in [0.2, 0.25) is 0 Å². The third-order valence-corrected chi connectivity index (χ3v) is 12.4. The second-order valence-corrected chi connectivity index (χ2v) is 19.5. The SMILES string of the molecule is CC/C=C\C/C=C\C/C=C\C/C=C\C/C=C\CCCC(=O)OCC(COP(=O)(O)OCC(CO)OC(=O)CCCCCCCCCCC)OC(=O)CCCCCCCCCCCCCCCCC. The minimum absolute atomic E-state index is 0.150. The Kier molecular flexibility index (Phi) is 48.5. The highest BCUT2D eigenvalue weighted by Gasteiger charge is 2.28. The van der Waals surface area contributed by atoms with Crippen molar-refractivity contribution < 1.29 is 52.2 Å². The zero-order valence-corrected chi connectivity index (χ0v) is 44.2. The van der Waals surface area contributed by atoms with Gasteiger partial charge < -0.3 is 24.2 Å². The highest BCUT2D eigenvalue weighted by molar-refractivity contribution is 7.47. The Morgan fingerprint density at radius 2 is 0.765 bits per heavy atom. The summed E-state index contributed by atoms with van der Waals surface area (Å²) < 4.78 is 39.3. The van der Waals surface area contributed by atoms with Crippen molar-refractivity contribution in [1.82, 2.24) is 0 Å². The van der Waals surface area contributed by atoms with Crippen LogP contribution in [0.2, 0.25) is 0 Å². The van der Waals surface area contributed by atoms with Gasteiger partial charge in [0, 0.05) is 19.3 Å². The first-order valence-corrected chi connectivity index (χ1v) is 28.7. The van der Waals surface area contributed by atoms with E-state index in [4.69, 9.17) is 23.3 Å². The molecule has 0 rings (SSSR count). The molecular weight excluding hydrogens is 880 g/mol. The molecular formula is C56H99O11P. The van der Waals surface area contributed by atoms with Crippen LogP contribution in [0.3, 0.4) is 0 Å². The molecule has 0 aromatic rings. The van der Waals surface area contributed by atoms with E-state index in [0.29, 0.717) is 25.7 Å². The number of phosphoric ester groups is 1. The molecule has 3 atom stereocenters. The molecule has 0 fully saturated rings. The van der Waals surface area contributed by atoms with Gasteiger partial charge in [-0.3, -0.25) is 23.4 Å². The summed E-state index contributed by atoms with van der Waals surface area (Å²) in [4.78, 5) is 48.3. The van der Waals surface area contributed by atoms with Gasteiger partial charge in [0.15, 0.2) is 6.10 Å². The number of allylic oxidation sites excluding steroid dienone is 10. The van der Waals surface area contributed by atoms with Gasteiger partial charge in [-0.15, -0.1) is 0 Å². The largest absolute Gasteiger partial charge is 0.472 e. The standard InChI is InChI=1S/C56H99O11P/c1-4-7-10-13-16-19-21-23-25-26-28-29-31-34-36-39-42-45-54(58)63-49-53(67-56(60)47-44-41-38-35-32-30-27-24-22-20-17-14-11-8-5-2)51-65-68(61,62)64-50-52(48-57)66-55(59)46-43-40-37-33-18-15-12-9-6-3/h7,10,16,19,23,25,28-29,34,36,52-53,57H,4-6,8-9,11-15,17-18,20-22,24,26-27,30-33,35,37-51H2,1-3H3,(H,61,62)/b10-7-,19-16-,25-23-,29-28-,36-34-. The van der Waals surface area contributed by atoms with Crippen molar-refractivity contribution in [2.45, 2.75) is 251 Å². The molecule has 0 aromatic heterocycles. The summed E-state index contributed by atoms with van der Waals surface area (Å²) in [5.41, 5.74) is 0. The smallest absolute Gasteiger partial charge is 0.462 e. The first kappa shape index (κ1) is 65.2. The number of phosphoric acid groups is 1. The molecule has 0 aliphatic carbocycles. The number of hydrogen-bond donors (Lipinski definition) is 2. The maximum Gasteiger partial charge on any atom is 0.472 e. The Morgan fingerprint density at radius 3 is 1.16 bits per heavy atom. The van der Waals surface area contributed by atoms with Crippen LogP contribution in [0.25, 0.3) is 0 Å². The number of aliphatic hydroxyl groups excluding tert-OH is 1. The van der Waals surface area contributed by atoms with Crippen LogP contribution in [0, 0.1) is 0 Å². The predicted molar refractivity (Wildman–Crippen MR) is 279 cm³/mol. The maximum absolute atomic E-state index is 12.9. The number of ether oxygens (including phenoxy) is 3. The highest BCUT2D eigenvalue weighted by Crippen LogP contribution is 2.43. The lowest BCUT2D eigenvalue weighted by atomic mass is 10.0. The Balaban J connectivity index is 4.80. The third kappa shape index (κ3) is 48.2. The maximum atomic E-state index is 12.9. The molecule has 0 saturated heterocycles. The van der Waals surface area contributed by atoms with Crippen LogP contribution in [-0.4, -0.2) is 66.5 Å². The molecule has 0 aliphatic heterocycles. The fourth-order valence-electron chi connectivity index (χ4n) is 7.33. The Labute approximate surface area is 415 Å². The van der Waals surface area contributed by atoms with Gasteiger partial charge in [0.1, 0.15) is 12.7 Å². The van der Waals surface area contributed by atoms with Crippen LogP contribution < -0.4 is 0 Å². The van der Waals surface area contributed by atoms with Gasteiger partial charge in [-0.25, -0.2) is 4.57 Å². The molecule has 3 unspecified atom stereocenters. The van der Waals surface area contributed by atoms with Crippen molar-refractivity contribution in [2.24, 2.45) is 0 Å². The van der Waals surface area contributed by atoms with Crippen LogP contribution in [0.1, 0.15) is 239 Å². The molecule has 68 heavy (non-hydrogen) atoms. The van der Waals surface area contributed by atoms with Gasteiger partial charge in [-0.2, -0.15) is 0 Å². The molecule has 12 heteroatoms. The van der Waals surface area contributed by atoms with E-state index >= 15 is 0 Å². The fraction of sp³-hybridized carbons (Fsp3) is 0.768. The van der Waals surface area contributed by atoms with Crippen molar-refractivity contribution in [2.75, 3.05) is 26.4 Å². The quantitative estimate of drug-likeness (QED) is 0.0197. The van der Waals surface area contributed by atoms with E-state index in [1.807, 2.05) is 6.08 Å². The highest BCUT2D eigenvalue weighted by atomic mass is 31.2. The Morgan fingerprint density at radius 1 is 0.426 bits per heavy atom. The fourth-order valence-corrected chi connectivity index (χ4v) is 8.12. The van der Waals surface area contributed by atoms with Crippen LogP contribution in [0.15, 0.2) is 60.8 Å². The topological polar surface area (TPSA) is 155 Å². The molecule has 2 N–H and O–H groups in total. The van der Waals surface area contributed by atoms with Crippen LogP contribution in [0.5, 0.6) is 0 Å². The van der Waals surface area contributed by atoms with Gasteiger partial charge in [0.25, 0.3) is 0 Å². The number of aliphatic hydroxyl groups is 1. The number of carbonyl (C=O) groups is 3. The van der Waals surface area contributed by atoms with Crippen LogP contribution in [-0.2, 0) is 42.2 Å². The lowest BCUT2D eigenvalue weighted by Gasteiger charge is -2.21. The third-order valence-electron chi connectivity index (χ3n) is 11.5. The normalized spacial score (nSPS) is 13.9. The van der Waals surface area contributed by atoms with Gasteiger partial charge in [-0.1, -0.05) is 223 Å². The van der Waals surface area contributed by atoms with E-state index in [0.717, 1.165) is 70.6 Å². The number of carbonyl (C=O) groups excluding carboxylic acids is 3. The summed E-state index contributed by atoms with van der Waals surface area (Å²) in [6.07, 6.45) is 53.4.